The number of nitrogens with two attached hydrogens (primary N) is 1. The Bertz CT molecular complexity index is 1220. The molecule has 12 heteroatoms. The van der Waals surface area contributed by atoms with E-state index in [0.717, 1.165) is 12.8 Å². The van der Waals surface area contributed by atoms with Crippen LogP contribution >= 0.6 is 23.2 Å². The van der Waals surface area contributed by atoms with E-state index in [4.69, 9.17) is 38.7 Å². The number of ether oxygens (including phenoxy) is 1. The van der Waals surface area contributed by atoms with E-state index in [1.807, 2.05) is 4.57 Å². The van der Waals surface area contributed by atoms with Crippen molar-refractivity contribution in [3.63, 3.8) is 0 Å². The minimum absolute atomic E-state index is 0.0157. The van der Waals surface area contributed by atoms with Gasteiger partial charge >= 0.3 is 0 Å². The lowest BCUT2D eigenvalue weighted by atomic mass is 9.85. The van der Waals surface area contributed by atoms with Crippen LogP contribution in [-0.2, 0) is 9.53 Å². The molecule has 1 aliphatic carbocycles. The number of carbonyl (C=O) groups is 1. The first-order chi connectivity index (χ1) is 16.9. The average Bonchev–Trinajstić information content (AvgIpc) is 3.19. The second-order valence-electron chi connectivity index (χ2n) is 9.02. The van der Waals surface area contributed by atoms with Crippen LogP contribution in [0.3, 0.4) is 0 Å². The van der Waals surface area contributed by atoms with E-state index in [-0.39, 0.29) is 39.6 Å². The highest BCUT2D eigenvalue weighted by Gasteiger charge is 2.29. The standard InChI is InChI=1S/C23H26Cl2FN7O2/c24-13-9-16(25)19(17(26)10-13)31-23-30-18-11-28-22(29-14-5-7-35-8-6-14)32-21(18)33(23)15-3-1-12(2-4-15)20(27)34/h9-12,14-15H,1-8H2,(H2,27,34)(H,30,31)(H,28,29,32)/t12-,15+. The van der Waals surface area contributed by atoms with Crippen molar-refractivity contribution in [2.75, 3.05) is 23.8 Å². The second kappa shape index (κ2) is 10.1. The number of primary amides is 1. The normalized spacial score (nSPS) is 21.2. The number of imidazole rings is 1. The van der Waals surface area contributed by atoms with E-state index >= 15 is 0 Å². The van der Waals surface area contributed by atoms with E-state index in [2.05, 4.69) is 20.6 Å². The van der Waals surface area contributed by atoms with Crippen LogP contribution in [0.15, 0.2) is 18.3 Å². The molecule has 186 valence electrons. The molecule has 1 saturated carbocycles. The molecule has 2 aromatic heterocycles. The number of anilines is 3. The van der Waals surface area contributed by atoms with E-state index in [1.54, 1.807) is 6.20 Å². The van der Waals surface area contributed by atoms with Crippen LogP contribution in [0.25, 0.3) is 11.2 Å². The Morgan fingerprint density at radius 1 is 1.11 bits per heavy atom. The summed E-state index contributed by atoms with van der Waals surface area (Å²) in [7, 11) is 0. The number of halogens is 3. The molecule has 0 radical (unpaired) electrons. The third-order valence-electron chi connectivity index (χ3n) is 6.70. The zero-order valence-corrected chi connectivity index (χ0v) is 20.4. The van der Waals surface area contributed by atoms with Crippen LogP contribution in [0, 0.1) is 11.7 Å². The largest absolute Gasteiger partial charge is 0.381 e. The number of benzene rings is 1. The van der Waals surface area contributed by atoms with Crippen LogP contribution in [0.2, 0.25) is 10.0 Å². The predicted octanol–water partition coefficient (Wildman–Crippen LogP) is 4.82. The summed E-state index contributed by atoms with van der Waals surface area (Å²) in [4.78, 5) is 25.6. The molecule has 0 bridgehead atoms. The van der Waals surface area contributed by atoms with Crippen LogP contribution in [0.1, 0.15) is 44.6 Å². The minimum atomic E-state index is -0.591. The van der Waals surface area contributed by atoms with Crippen molar-refractivity contribution in [2.45, 2.75) is 50.6 Å². The van der Waals surface area contributed by atoms with Crippen molar-refractivity contribution in [3.05, 3.63) is 34.2 Å². The molecule has 0 unspecified atom stereocenters. The summed E-state index contributed by atoms with van der Waals surface area (Å²) in [5.74, 6) is -0.133. The van der Waals surface area contributed by atoms with Gasteiger partial charge < -0.3 is 21.1 Å². The average molecular weight is 522 g/mol. The molecule has 0 spiro atoms. The molecular formula is C23H26Cl2FN7O2. The number of rotatable bonds is 6. The number of aromatic nitrogens is 4. The van der Waals surface area contributed by atoms with Crippen LogP contribution < -0.4 is 16.4 Å². The maximum atomic E-state index is 14.7. The van der Waals surface area contributed by atoms with Gasteiger partial charge in [0.05, 0.1) is 16.9 Å². The number of nitrogens with zero attached hydrogens (tertiary/aromatic N) is 4. The van der Waals surface area contributed by atoms with Gasteiger partial charge in [0, 0.05) is 36.2 Å². The molecule has 1 saturated heterocycles. The van der Waals surface area contributed by atoms with Crippen LogP contribution in [0.5, 0.6) is 0 Å². The van der Waals surface area contributed by atoms with Gasteiger partial charge in [0.2, 0.25) is 17.8 Å². The third-order valence-corrected chi connectivity index (χ3v) is 7.21. The fourth-order valence-electron chi connectivity index (χ4n) is 4.81. The Balaban J connectivity index is 1.52. The molecule has 1 amide bonds. The summed E-state index contributed by atoms with van der Waals surface area (Å²) in [6, 6.07) is 2.87. The maximum Gasteiger partial charge on any atom is 0.224 e. The first kappa shape index (κ1) is 24.0. The van der Waals surface area contributed by atoms with Gasteiger partial charge in [-0.15, -0.1) is 0 Å². The molecule has 35 heavy (non-hydrogen) atoms. The fourth-order valence-corrected chi connectivity index (χ4v) is 5.33. The van der Waals surface area contributed by atoms with Crippen molar-refractivity contribution < 1.29 is 13.9 Å². The lowest BCUT2D eigenvalue weighted by molar-refractivity contribution is -0.122. The monoisotopic (exact) mass is 521 g/mol. The summed E-state index contributed by atoms with van der Waals surface area (Å²) < 4.78 is 22.1. The lowest BCUT2D eigenvalue weighted by Gasteiger charge is -2.29. The van der Waals surface area contributed by atoms with Crippen molar-refractivity contribution in [3.8, 4) is 0 Å². The Kier molecular flexibility index (Phi) is 6.95. The van der Waals surface area contributed by atoms with Crippen molar-refractivity contribution in [1.29, 1.82) is 0 Å². The number of hydrogen-bond acceptors (Lipinski definition) is 7. The fraction of sp³-hybridized carbons (Fsp3) is 0.478. The van der Waals surface area contributed by atoms with E-state index in [1.165, 1.54) is 12.1 Å². The van der Waals surface area contributed by atoms with E-state index < -0.39 is 5.82 Å². The first-order valence-electron chi connectivity index (χ1n) is 11.7. The van der Waals surface area contributed by atoms with Crippen molar-refractivity contribution in [1.82, 2.24) is 19.5 Å². The second-order valence-corrected chi connectivity index (χ2v) is 9.86. The molecule has 3 aromatic rings. The van der Waals surface area contributed by atoms with Gasteiger partial charge in [0.1, 0.15) is 11.3 Å². The Hall–Kier alpha value is -2.69. The van der Waals surface area contributed by atoms with Crippen LogP contribution in [-0.4, -0.2) is 44.7 Å². The van der Waals surface area contributed by atoms with E-state index in [9.17, 15) is 9.18 Å². The van der Waals surface area contributed by atoms with Gasteiger partial charge in [-0.25, -0.2) is 14.4 Å². The number of carbonyl (C=O) groups excluding carboxylic acids is 1. The van der Waals surface area contributed by atoms with Gasteiger partial charge in [0.25, 0.3) is 0 Å². The topological polar surface area (TPSA) is 120 Å². The lowest BCUT2D eigenvalue weighted by Crippen LogP contribution is -2.29. The number of amides is 1. The molecule has 9 nitrogen and oxygen atoms in total. The van der Waals surface area contributed by atoms with E-state index in [0.29, 0.717) is 62.0 Å². The van der Waals surface area contributed by atoms with Crippen molar-refractivity contribution in [2.24, 2.45) is 11.7 Å². The quantitative estimate of drug-likeness (QED) is 0.425. The zero-order valence-electron chi connectivity index (χ0n) is 18.9. The summed E-state index contributed by atoms with van der Waals surface area (Å²) in [5.41, 5.74) is 6.79. The summed E-state index contributed by atoms with van der Waals surface area (Å²) in [6.07, 6.45) is 6.13. The number of nitrogens with one attached hydrogen (secondary N) is 2. The molecule has 1 aromatic carbocycles. The third kappa shape index (κ3) is 5.14. The SMILES string of the molecule is NC(=O)[C@H]1CC[C@@H](n2c(Nc3c(F)cc(Cl)cc3Cl)nc3cnc(NC4CCOCC4)nc32)CC1. The predicted molar refractivity (Wildman–Crippen MR) is 133 cm³/mol. The zero-order chi connectivity index (χ0) is 24.5. The number of fused-ring (bicyclic) bond motifs is 1. The van der Waals surface area contributed by atoms with Gasteiger partial charge in [-0.3, -0.25) is 9.36 Å². The molecule has 0 atom stereocenters. The maximum absolute atomic E-state index is 14.7. The number of hydrogen-bond donors (Lipinski definition) is 3. The molecule has 5 rings (SSSR count). The summed E-state index contributed by atoms with van der Waals surface area (Å²) in [5, 5.41) is 6.77. The molecule has 4 N–H and O–H groups in total. The Morgan fingerprint density at radius 3 is 2.54 bits per heavy atom. The van der Waals surface area contributed by atoms with Gasteiger partial charge in [0.15, 0.2) is 5.65 Å². The summed E-state index contributed by atoms with van der Waals surface area (Å²) in [6.45, 7) is 1.39. The molecule has 2 fully saturated rings. The molecular weight excluding hydrogens is 496 g/mol. The Labute approximate surface area is 211 Å². The molecule has 2 aliphatic rings. The van der Waals surface area contributed by atoms with Gasteiger partial charge in [-0.05, 0) is 50.7 Å². The highest BCUT2D eigenvalue weighted by Crippen LogP contribution is 2.38. The highest BCUT2D eigenvalue weighted by molar-refractivity contribution is 6.36. The van der Waals surface area contributed by atoms with Crippen LogP contribution in [0.4, 0.5) is 22.0 Å². The minimum Gasteiger partial charge on any atom is -0.381 e. The Morgan fingerprint density at radius 2 is 1.86 bits per heavy atom. The van der Waals surface area contributed by atoms with Crippen molar-refractivity contribution >= 4 is 57.9 Å². The van der Waals surface area contributed by atoms with Gasteiger partial charge in [-0.2, -0.15) is 4.98 Å². The van der Waals surface area contributed by atoms with Gasteiger partial charge in [-0.1, -0.05) is 23.2 Å². The summed E-state index contributed by atoms with van der Waals surface area (Å²) >= 11 is 12.2. The first-order valence-corrected chi connectivity index (χ1v) is 12.4. The smallest absolute Gasteiger partial charge is 0.224 e. The highest BCUT2D eigenvalue weighted by atomic mass is 35.5. The molecule has 1 aliphatic heterocycles. The molecule has 3 heterocycles.